The summed E-state index contributed by atoms with van der Waals surface area (Å²) in [6.45, 7) is 2.18. The van der Waals surface area contributed by atoms with Crippen LogP contribution in [0.3, 0.4) is 0 Å². The number of ether oxygens (including phenoxy) is 1. The SMILES string of the molecule is CCO/C(O)=C/C(n1nnc(-c2ccccc2)n1)[P+](c1ccccc1)(c1ccccc1)c1ccccc1. The number of nitrogens with zero attached hydrogens (tertiary/aromatic N) is 4. The van der Waals surface area contributed by atoms with Crippen LogP contribution in [0.5, 0.6) is 0 Å². The molecule has 0 saturated carbocycles. The van der Waals surface area contributed by atoms with Crippen LogP contribution >= 0.6 is 7.26 Å². The quantitative estimate of drug-likeness (QED) is 0.217. The van der Waals surface area contributed by atoms with E-state index in [2.05, 4.69) is 46.7 Å². The molecule has 0 aliphatic heterocycles. The van der Waals surface area contributed by atoms with Gasteiger partial charge in [-0.15, -0.1) is 15.0 Å². The van der Waals surface area contributed by atoms with Gasteiger partial charge >= 0.3 is 0 Å². The lowest BCUT2D eigenvalue weighted by molar-refractivity contribution is 0.100. The van der Waals surface area contributed by atoms with Gasteiger partial charge in [-0.25, -0.2) is 0 Å². The predicted octanol–water partition coefficient (Wildman–Crippen LogP) is 5.27. The van der Waals surface area contributed by atoms with Crippen molar-refractivity contribution in [2.24, 2.45) is 0 Å². The van der Waals surface area contributed by atoms with E-state index in [1.807, 2.05) is 91.9 Å². The average molecular weight is 508 g/mol. The summed E-state index contributed by atoms with van der Waals surface area (Å²) >= 11 is 0. The molecule has 0 amide bonds. The van der Waals surface area contributed by atoms with Gasteiger partial charge in [-0.2, -0.15) is 0 Å². The third-order valence-electron chi connectivity index (χ3n) is 6.17. The molecule has 0 radical (unpaired) electrons. The van der Waals surface area contributed by atoms with Gasteiger partial charge in [0.25, 0.3) is 5.95 Å². The third-order valence-corrected chi connectivity index (χ3v) is 10.7. The van der Waals surface area contributed by atoms with Gasteiger partial charge in [0, 0.05) is 5.56 Å². The number of hydrogen-bond donors (Lipinski definition) is 1. The molecule has 0 aliphatic carbocycles. The predicted molar refractivity (Wildman–Crippen MR) is 150 cm³/mol. The van der Waals surface area contributed by atoms with E-state index in [9.17, 15) is 5.11 Å². The summed E-state index contributed by atoms with van der Waals surface area (Å²) in [5.41, 5.74) is 0.869. The van der Waals surface area contributed by atoms with Crippen LogP contribution in [0.25, 0.3) is 11.4 Å². The Morgan fingerprint density at radius 1 is 0.784 bits per heavy atom. The lowest BCUT2D eigenvalue weighted by atomic mass is 10.2. The molecule has 0 bridgehead atoms. The molecule has 1 atom stereocenters. The Balaban J connectivity index is 1.83. The summed E-state index contributed by atoms with van der Waals surface area (Å²) in [6.07, 6.45) is 1.72. The van der Waals surface area contributed by atoms with Crippen molar-refractivity contribution < 1.29 is 9.84 Å². The van der Waals surface area contributed by atoms with Crippen LogP contribution in [0.2, 0.25) is 0 Å². The van der Waals surface area contributed by atoms with Gasteiger partial charge in [0.1, 0.15) is 23.2 Å². The Labute approximate surface area is 217 Å². The van der Waals surface area contributed by atoms with E-state index in [-0.39, 0.29) is 5.95 Å². The first kappa shape index (κ1) is 24.4. The number of aromatic nitrogens is 4. The van der Waals surface area contributed by atoms with Gasteiger partial charge in [-0.3, -0.25) is 0 Å². The summed E-state index contributed by atoms with van der Waals surface area (Å²) < 4.78 is 5.53. The monoisotopic (exact) mass is 507 g/mol. The van der Waals surface area contributed by atoms with Gasteiger partial charge < -0.3 is 9.84 Å². The van der Waals surface area contributed by atoms with Gasteiger partial charge in [0.2, 0.25) is 11.6 Å². The highest BCUT2D eigenvalue weighted by molar-refractivity contribution is 7.95. The van der Waals surface area contributed by atoms with Crippen molar-refractivity contribution >= 4 is 23.2 Å². The van der Waals surface area contributed by atoms with E-state index in [1.165, 1.54) is 0 Å². The Morgan fingerprint density at radius 2 is 1.24 bits per heavy atom. The molecule has 0 spiro atoms. The third kappa shape index (κ3) is 4.89. The lowest BCUT2D eigenvalue weighted by Crippen LogP contribution is -2.37. The normalized spacial score (nSPS) is 12.7. The average Bonchev–Trinajstić information content (AvgIpc) is 3.46. The second kappa shape index (κ2) is 11.2. The summed E-state index contributed by atoms with van der Waals surface area (Å²) in [4.78, 5) is 1.62. The van der Waals surface area contributed by atoms with Crippen molar-refractivity contribution in [2.75, 3.05) is 6.61 Å². The summed E-state index contributed by atoms with van der Waals surface area (Å²) in [5.74, 6) is -0.170. The van der Waals surface area contributed by atoms with Crippen molar-refractivity contribution in [3.63, 3.8) is 0 Å². The molecule has 1 aromatic heterocycles. The van der Waals surface area contributed by atoms with Crippen molar-refractivity contribution in [3.8, 4) is 11.4 Å². The number of aliphatic hydroxyl groups excluding tert-OH is 1. The first-order valence-electron chi connectivity index (χ1n) is 12.2. The highest BCUT2D eigenvalue weighted by Gasteiger charge is 2.54. The molecule has 6 nitrogen and oxygen atoms in total. The smallest absolute Gasteiger partial charge is 0.278 e. The molecule has 1 heterocycles. The molecule has 5 aromatic rings. The maximum atomic E-state index is 10.9. The minimum Gasteiger partial charge on any atom is -0.481 e. The van der Waals surface area contributed by atoms with Crippen molar-refractivity contribution in [1.82, 2.24) is 20.2 Å². The zero-order chi connectivity index (χ0) is 25.5. The minimum atomic E-state index is -2.56. The Morgan fingerprint density at radius 3 is 1.70 bits per heavy atom. The minimum absolute atomic E-state index is 0.168. The summed E-state index contributed by atoms with van der Waals surface area (Å²) in [7, 11) is -2.56. The molecular formula is C30H28N4O2P+. The van der Waals surface area contributed by atoms with Crippen LogP contribution in [0, 0.1) is 0 Å². The van der Waals surface area contributed by atoms with Crippen LogP contribution in [-0.2, 0) is 4.74 Å². The van der Waals surface area contributed by atoms with Crippen LogP contribution in [-0.4, -0.2) is 31.9 Å². The molecule has 5 rings (SSSR count). The van der Waals surface area contributed by atoms with Crippen LogP contribution in [0.1, 0.15) is 12.7 Å². The zero-order valence-electron chi connectivity index (χ0n) is 20.5. The molecule has 0 aliphatic rings. The van der Waals surface area contributed by atoms with Crippen LogP contribution in [0.4, 0.5) is 0 Å². The second-order valence-electron chi connectivity index (χ2n) is 8.38. The maximum absolute atomic E-state index is 10.9. The standard InChI is InChI=1S/C30H27N4O2P/c1-2-36-29(35)23-28(34-32-30(31-33-34)24-15-7-3-8-16-24)37(25-17-9-4-10-18-25,26-19-11-5-12-20-26)27-21-13-6-14-22-27/h3-23,28H,2H2,1H3/p+1/b29-23+. The van der Waals surface area contributed by atoms with Gasteiger partial charge in [-0.05, 0) is 48.5 Å². The van der Waals surface area contributed by atoms with Crippen LogP contribution < -0.4 is 15.9 Å². The largest absolute Gasteiger partial charge is 0.481 e. The number of tetrazole rings is 1. The number of benzene rings is 4. The molecule has 0 fully saturated rings. The Bertz CT molecular complexity index is 1350. The maximum Gasteiger partial charge on any atom is 0.278 e. The summed E-state index contributed by atoms with van der Waals surface area (Å²) in [5, 5.41) is 28.0. The molecule has 1 N–H and O–H groups in total. The number of aliphatic hydroxyl groups is 1. The zero-order valence-corrected chi connectivity index (χ0v) is 21.4. The van der Waals surface area contributed by atoms with E-state index >= 15 is 0 Å². The number of allylic oxidation sites excluding steroid dienone is 1. The molecule has 37 heavy (non-hydrogen) atoms. The van der Waals surface area contributed by atoms with E-state index in [4.69, 9.17) is 9.84 Å². The molecule has 184 valence electrons. The van der Waals surface area contributed by atoms with E-state index in [0.717, 1.165) is 21.5 Å². The Kier molecular flexibility index (Phi) is 7.38. The van der Waals surface area contributed by atoms with Crippen LogP contribution in [0.15, 0.2) is 133 Å². The summed E-state index contributed by atoms with van der Waals surface area (Å²) in [6, 6.07) is 40.9. The fraction of sp³-hybridized carbons (Fsp3) is 0.100. The topological polar surface area (TPSA) is 73.1 Å². The fourth-order valence-corrected chi connectivity index (χ4v) is 9.09. The molecule has 0 saturated heterocycles. The number of hydrogen-bond acceptors (Lipinski definition) is 5. The van der Waals surface area contributed by atoms with Gasteiger partial charge in [0.15, 0.2) is 0 Å². The van der Waals surface area contributed by atoms with Gasteiger partial charge in [0.05, 0.1) is 12.7 Å². The molecule has 1 unspecified atom stereocenters. The first-order valence-corrected chi connectivity index (χ1v) is 14.0. The lowest BCUT2D eigenvalue weighted by Gasteiger charge is -2.32. The van der Waals surface area contributed by atoms with E-state index in [1.54, 1.807) is 10.9 Å². The van der Waals surface area contributed by atoms with E-state index in [0.29, 0.717) is 12.4 Å². The fourth-order valence-electron chi connectivity index (χ4n) is 4.59. The molecular weight excluding hydrogens is 479 g/mol. The second-order valence-corrected chi connectivity index (χ2v) is 11.9. The van der Waals surface area contributed by atoms with Crippen molar-refractivity contribution in [1.29, 1.82) is 0 Å². The molecule has 4 aromatic carbocycles. The highest BCUT2D eigenvalue weighted by atomic mass is 31.2. The molecule has 7 heteroatoms. The van der Waals surface area contributed by atoms with Gasteiger partial charge in [-0.1, -0.05) is 84.9 Å². The first-order chi connectivity index (χ1) is 18.2. The van der Waals surface area contributed by atoms with Crippen molar-refractivity contribution in [3.05, 3.63) is 133 Å². The van der Waals surface area contributed by atoms with Crippen molar-refractivity contribution in [2.45, 2.75) is 12.7 Å². The highest BCUT2D eigenvalue weighted by Crippen LogP contribution is 2.65. The van der Waals surface area contributed by atoms with E-state index < -0.39 is 13.0 Å². The number of rotatable bonds is 9. The Hall–Kier alpha value is -4.28.